The molecule has 2 aliphatic heterocycles. The SMILES string of the molecule is CCN1CCC(C(N)=O)(c2ccccc2)CC1C1(c2ccc(Cl)c(Cl)c2)CCNC1. The van der Waals surface area contributed by atoms with Gasteiger partial charge in [-0.1, -0.05) is 66.5 Å². The molecule has 3 N–H and O–H groups in total. The predicted molar refractivity (Wildman–Crippen MR) is 123 cm³/mol. The Morgan fingerprint density at radius 3 is 2.50 bits per heavy atom. The van der Waals surface area contributed by atoms with E-state index < -0.39 is 5.41 Å². The lowest BCUT2D eigenvalue weighted by molar-refractivity contribution is -0.127. The quantitative estimate of drug-likeness (QED) is 0.726. The number of carbonyl (C=O) groups excluding carboxylic acids is 1. The maximum atomic E-state index is 12.9. The van der Waals surface area contributed by atoms with E-state index in [0.717, 1.165) is 44.6 Å². The molecule has 2 saturated heterocycles. The van der Waals surface area contributed by atoms with E-state index >= 15 is 0 Å². The third-order valence-corrected chi connectivity index (χ3v) is 8.07. The second kappa shape index (κ2) is 8.51. The van der Waals surface area contributed by atoms with Crippen LogP contribution >= 0.6 is 23.2 Å². The molecule has 3 unspecified atom stereocenters. The summed E-state index contributed by atoms with van der Waals surface area (Å²) in [6.45, 7) is 5.73. The monoisotopic (exact) mass is 445 g/mol. The van der Waals surface area contributed by atoms with E-state index in [1.165, 1.54) is 5.56 Å². The van der Waals surface area contributed by atoms with Crippen LogP contribution < -0.4 is 11.1 Å². The van der Waals surface area contributed by atoms with Gasteiger partial charge in [0.1, 0.15) is 0 Å². The number of primary amides is 1. The molecule has 4 rings (SSSR count). The van der Waals surface area contributed by atoms with Crippen LogP contribution in [0.3, 0.4) is 0 Å². The molecule has 0 aliphatic carbocycles. The molecule has 0 bridgehead atoms. The molecule has 30 heavy (non-hydrogen) atoms. The minimum atomic E-state index is -0.663. The summed E-state index contributed by atoms with van der Waals surface area (Å²) in [6, 6.07) is 16.2. The summed E-state index contributed by atoms with van der Waals surface area (Å²) >= 11 is 12.6. The Labute approximate surface area is 188 Å². The van der Waals surface area contributed by atoms with Crippen molar-refractivity contribution in [3.05, 3.63) is 69.7 Å². The number of piperidine rings is 1. The number of halogens is 2. The number of amides is 1. The van der Waals surface area contributed by atoms with Gasteiger partial charge in [-0.2, -0.15) is 0 Å². The maximum Gasteiger partial charge on any atom is 0.228 e. The smallest absolute Gasteiger partial charge is 0.228 e. The first-order valence-corrected chi connectivity index (χ1v) is 11.4. The number of nitrogens with one attached hydrogen (secondary N) is 1. The van der Waals surface area contributed by atoms with Gasteiger partial charge in [-0.05, 0) is 62.2 Å². The third kappa shape index (κ3) is 3.54. The molecule has 2 heterocycles. The van der Waals surface area contributed by atoms with Gasteiger partial charge in [-0.3, -0.25) is 9.69 Å². The van der Waals surface area contributed by atoms with Crippen LogP contribution in [0.4, 0.5) is 0 Å². The van der Waals surface area contributed by atoms with Crippen LogP contribution in [0, 0.1) is 0 Å². The van der Waals surface area contributed by atoms with Gasteiger partial charge >= 0.3 is 0 Å². The fourth-order valence-electron chi connectivity index (χ4n) is 5.60. The third-order valence-electron chi connectivity index (χ3n) is 7.33. The highest BCUT2D eigenvalue weighted by Crippen LogP contribution is 2.47. The number of hydrogen-bond donors (Lipinski definition) is 2. The minimum Gasteiger partial charge on any atom is -0.369 e. The van der Waals surface area contributed by atoms with E-state index in [2.05, 4.69) is 23.2 Å². The van der Waals surface area contributed by atoms with Crippen molar-refractivity contribution in [2.24, 2.45) is 5.73 Å². The number of rotatable bonds is 5. The van der Waals surface area contributed by atoms with Gasteiger partial charge in [0.05, 0.1) is 15.5 Å². The summed E-state index contributed by atoms with van der Waals surface area (Å²) in [4.78, 5) is 15.4. The van der Waals surface area contributed by atoms with Crippen LogP contribution in [0.2, 0.25) is 10.0 Å². The van der Waals surface area contributed by atoms with Crippen molar-refractivity contribution in [1.29, 1.82) is 0 Å². The summed E-state index contributed by atoms with van der Waals surface area (Å²) in [5.74, 6) is -0.232. The molecule has 2 aromatic rings. The van der Waals surface area contributed by atoms with E-state index in [-0.39, 0.29) is 17.4 Å². The Morgan fingerprint density at radius 2 is 1.90 bits per heavy atom. The van der Waals surface area contributed by atoms with E-state index in [0.29, 0.717) is 16.5 Å². The molecule has 0 radical (unpaired) electrons. The molecule has 1 amide bonds. The van der Waals surface area contributed by atoms with Gasteiger partial charge in [-0.25, -0.2) is 0 Å². The minimum absolute atomic E-state index is 0.153. The van der Waals surface area contributed by atoms with Crippen LogP contribution in [0.15, 0.2) is 48.5 Å². The standard InChI is InChI=1S/C24H29Cl2N3O/c1-2-29-13-11-23(22(27)30,17-6-4-3-5-7-17)15-21(29)24(10-12-28-16-24)18-8-9-19(25)20(26)14-18/h3-9,14,21,28H,2,10-13,15-16H2,1H3,(H2,27,30). The second-order valence-corrected chi connectivity index (χ2v) is 9.44. The number of benzene rings is 2. The topological polar surface area (TPSA) is 58.4 Å². The van der Waals surface area contributed by atoms with Crippen molar-refractivity contribution in [2.75, 3.05) is 26.2 Å². The van der Waals surface area contributed by atoms with Crippen molar-refractivity contribution in [3.8, 4) is 0 Å². The summed E-state index contributed by atoms with van der Waals surface area (Å²) in [5, 5.41) is 4.70. The molecule has 3 atom stereocenters. The summed E-state index contributed by atoms with van der Waals surface area (Å²) in [6.07, 6.45) is 2.42. The Kier molecular flexibility index (Phi) is 6.13. The molecule has 2 aromatic carbocycles. The first-order valence-electron chi connectivity index (χ1n) is 10.7. The Bertz CT molecular complexity index is 914. The zero-order chi connectivity index (χ0) is 21.4. The molecule has 2 fully saturated rings. The maximum absolute atomic E-state index is 12.9. The lowest BCUT2D eigenvalue weighted by atomic mass is 9.61. The Balaban J connectivity index is 1.82. The van der Waals surface area contributed by atoms with Crippen LogP contribution in [0.5, 0.6) is 0 Å². The van der Waals surface area contributed by atoms with Crippen molar-refractivity contribution in [2.45, 2.75) is 43.1 Å². The molecule has 0 spiro atoms. The fourth-order valence-corrected chi connectivity index (χ4v) is 5.90. The second-order valence-electron chi connectivity index (χ2n) is 8.62. The fraction of sp³-hybridized carbons (Fsp3) is 0.458. The number of hydrogen-bond acceptors (Lipinski definition) is 3. The first kappa shape index (κ1) is 21.6. The zero-order valence-corrected chi connectivity index (χ0v) is 18.8. The Hall–Kier alpha value is -1.59. The van der Waals surface area contributed by atoms with Gasteiger partial charge < -0.3 is 11.1 Å². The lowest BCUT2D eigenvalue weighted by Crippen LogP contribution is -2.61. The Morgan fingerprint density at radius 1 is 1.13 bits per heavy atom. The predicted octanol–water partition coefficient (Wildman–Crippen LogP) is 4.13. The lowest BCUT2D eigenvalue weighted by Gasteiger charge is -2.52. The van der Waals surface area contributed by atoms with Crippen molar-refractivity contribution >= 4 is 29.1 Å². The normalized spacial score (nSPS) is 29.8. The molecule has 2 aliphatic rings. The van der Waals surface area contributed by atoms with E-state index in [9.17, 15) is 4.79 Å². The number of carbonyl (C=O) groups is 1. The average molecular weight is 446 g/mol. The van der Waals surface area contributed by atoms with Gasteiger partial charge in [0.15, 0.2) is 0 Å². The largest absolute Gasteiger partial charge is 0.369 e. The van der Waals surface area contributed by atoms with Crippen LogP contribution in [0.1, 0.15) is 37.3 Å². The molecule has 0 saturated carbocycles. The molecule has 160 valence electrons. The summed E-state index contributed by atoms with van der Waals surface area (Å²) in [5.41, 5.74) is 7.48. The first-order chi connectivity index (χ1) is 14.4. The van der Waals surface area contributed by atoms with E-state index in [4.69, 9.17) is 28.9 Å². The summed E-state index contributed by atoms with van der Waals surface area (Å²) < 4.78 is 0. The highest BCUT2D eigenvalue weighted by molar-refractivity contribution is 6.42. The van der Waals surface area contributed by atoms with E-state index in [1.54, 1.807) is 0 Å². The van der Waals surface area contributed by atoms with Crippen molar-refractivity contribution < 1.29 is 4.79 Å². The van der Waals surface area contributed by atoms with Gasteiger partial charge in [-0.15, -0.1) is 0 Å². The summed E-state index contributed by atoms with van der Waals surface area (Å²) in [7, 11) is 0. The van der Waals surface area contributed by atoms with E-state index in [1.807, 2.05) is 42.5 Å². The van der Waals surface area contributed by atoms with Gasteiger partial charge in [0.2, 0.25) is 5.91 Å². The molecular formula is C24H29Cl2N3O. The highest BCUT2D eigenvalue weighted by atomic mass is 35.5. The molecule has 0 aromatic heterocycles. The average Bonchev–Trinajstić information content (AvgIpc) is 3.26. The van der Waals surface area contributed by atoms with Crippen molar-refractivity contribution in [1.82, 2.24) is 10.2 Å². The number of likely N-dealkylation sites (N-methyl/N-ethyl adjacent to an activating group) is 1. The zero-order valence-electron chi connectivity index (χ0n) is 17.3. The van der Waals surface area contributed by atoms with Crippen LogP contribution in [-0.2, 0) is 15.6 Å². The number of nitrogens with two attached hydrogens (primary N) is 1. The van der Waals surface area contributed by atoms with Gasteiger partial charge in [0, 0.05) is 18.0 Å². The molecule has 6 heteroatoms. The van der Waals surface area contributed by atoms with Crippen LogP contribution in [0.25, 0.3) is 0 Å². The number of likely N-dealkylation sites (tertiary alicyclic amines) is 1. The number of nitrogens with zero attached hydrogens (tertiary/aromatic N) is 1. The molecule has 4 nitrogen and oxygen atoms in total. The molecular weight excluding hydrogens is 417 g/mol. The van der Waals surface area contributed by atoms with Gasteiger partial charge in [0.25, 0.3) is 0 Å². The van der Waals surface area contributed by atoms with Crippen molar-refractivity contribution in [3.63, 3.8) is 0 Å². The highest BCUT2D eigenvalue weighted by Gasteiger charge is 2.53. The van der Waals surface area contributed by atoms with Crippen LogP contribution in [-0.4, -0.2) is 43.0 Å².